The van der Waals surface area contributed by atoms with E-state index in [1.807, 2.05) is 0 Å². The summed E-state index contributed by atoms with van der Waals surface area (Å²) in [7, 11) is 0. The molecule has 2 rings (SSSR count). The number of piperazine rings is 1. The fourth-order valence-corrected chi connectivity index (χ4v) is 2.49. The Morgan fingerprint density at radius 3 is 2.06 bits per heavy atom. The first-order valence-electron chi connectivity index (χ1n) is 7.04. The second-order valence-electron chi connectivity index (χ2n) is 5.14. The monoisotopic (exact) mass is 247 g/mol. The van der Waals surface area contributed by atoms with E-state index in [4.69, 9.17) is 5.73 Å². The van der Waals surface area contributed by atoms with E-state index < -0.39 is 0 Å². The largest absolute Gasteiger partial charge is 0.318 e. The lowest BCUT2D eigenvalue weighted by molar-refractivity contribution is 0.129. The second kappa shape index (κ2) is 6.88. The van der Waals surface area contributed by atoms with E-state index in [9.17, 15) is 0 Å². The Hall–Kier alpha value is -0.900. The van der Waals surface area contributed by atoms with Crippen LogP contribution in [0.4, 0.5) is 0 Å². The maximum atomic E-state index is 5.65. The van der Waals surface area contributed by atoms with Crippen LogP contribution in [0.3, 0.4) is 0 Å². The molecule has 1 aliphatic heterocycles. The Morgan fingerprint density at radius 2 is 1.50 bits per heavy atom. The molecule has 1 fully saturated rings. The van der Waals surface area contributed by atoms with Crippen molar-refractivity contribution in [3.05, 3.63) is 35.4 Å². The van der Waals surface area contributed by atoms with E-state index in [2.05, 4.69) is 41.0 Å². The molecule has 18 heavy (non-hydrogen) atoms. The van der Waals surface area contributed by atoms with Crippen LogP contribution < -0.4 is 5.73 Å². The number of hydrogen-bond donors (Lipinski definition) is 1. The molecule has 3 nitrogen and oxygen atoms in total. The molecule has 0 radical (unpaired) electrons. The van der Waals surface area contributed by atoms with Crippen LogP contribution in [0.25, 0.3) is 0 Å². The van der Waals surface area contributed by atoms with Crippen molar-refractivity contribution in [3.8, 4) is 0 Å². The second-order valence-corrected chi connectivity index (χ2v) is 5.14. The van der Waals surface area contributed by atoms with E-state index in [1.165, 1.54) is 24.0 Å². The minimum Gasteiger partial charge on any atom is -0.318 e. The van der Waals surface area contributed by atoms with Gasteiger partial charge in [0.1, 0.15) is 0 Å². The number of aryl methyl sites for hydroxylation is 1. The lowest BCUT2D eigenvalue weighted by Gasteiger charge is -2.33. The Bertz CT molecular complexity index is 339. The van der Waals surface area contributed by atoms with Gasteiger partial charge in [-0.05, 0) is 17.5 Å². The quantitative estimate of drug-likeness (QED) is 0.859. The van der Waals surface area contributed by atoms with Crippen LogP contribution in [0.5, 0.6) is 0 Å². The summed E-state index contributed by atoms with van der Waals surface area (Å²) in [6.07, 6.45) is 2.41. The van der Waals surface area contributed by atoms with Crippen molar-refractivity contribution in [2.45, 2.75) is 26.3 Å². The third-order valence-corrected chi connectivity index (χ3v) is 3.69. The molecule has 1 heterocycles. The molecule has 1 saturated heterocycles. The number of benzene rings is 1. The van der Waals surface area contributed by atoms with Crippen molar-refractivity contribution in [1.82, 2.24) is 9.80 Å². The zero-order valence-electron chi connectivity index (χ0n) is 11.4. The molecule has 3 heteroatoms. The van der Waals surface area contributed by atoms with Crippen LogP contribution in [0.1, 0.15) is 24.5 Å². The van der Waals surface area contributed by atoms with Crippen LogP contribution in [0.15, 0.2) is 24.3 Å². The van der Waals surface area contributed by atoms with Gasteiger partial charge in [0.25, 0.3) is 0 Å². The highest BCUT2D eigenvalue weighted by Crippen LogP contribution is 2.10. The molecule has 0 unspecified atom stereocenters. The van der Waals surface area contributed by atoms with Gasteiger partial charge >= 0.3 is 0 Å². The summed E-state index contributed by atoms with van der Waals surface area (Å²) < 4.78 is 0. The zero-order chi connectivity index (χ0) is 12.8. The molecule has 1 aromatic rings. The van der Waals surface area contributed by atoms with Crippen molar-refractivity contribution in [2.75, 3.05) is 32.8 Å². The smallest absolute Gasteiger partial charge is 0.0456 e. The average molecular weight is 247 g/mol. The van der Waals surface area contributed by atoms with Gasteiger partial charge in [-0.25, -0.2) is 0 Å². The average Bonchev–Trinajstić information content (AvgIpc) is 2.42. The van der Waals surface area contributed by atoms with Crippen LogP contribution >= 0.6 is 0 Å². The van der Waals surface area contributed by atoms with Crippen molar-refractivity contribution < 1.29 is 0 Å². The summed E-state index contributed by atoms with van der Waals surface area (Å²) in [4.78, 5) is 4.82. The van der Waals surface area contributed by atoms with Gasteiger partial charge < -0.3 is 5.73 Å². The fourth-order valence-electron chi connectivity index (χ4n) is 2.49. The topological polar surface area (TPSA) is 32.5 Å². The van der Waals surface area contributed by atoms with Gasteiger partial charge in [-0.2, -0.15) is 0 Å². The Balaban J connectivity index is 1.82. The molecule has 0 saturated carbocycles. The number of hydrogen-bond acceptors (Lipinski definition) is 3. The summed E-state index contributed by atoms with van der Waals surface area (Å²) in [5.74, 6) is 0. The summed E-state index contributed by atoms with van der Waals surface area (Å²) in [6, 6.07) is 9.10. The molecular formula is C15H25N3. The zero-order valence-corrected chi connectivity index (χ0v) is 11.4. The van der Waals surface area contributed by atoms with Crippen molar-refractivity contribution >= 4 is 0 Å². The fraction of sp³-hybridized carbons (Fsp3) is 0.600. The molecule has 1 aliphatic rings. The lowest BCUT2D eigenvalue weighted by Crippen LogP contribution is -2.47. The molecular weight excluding hydrogens is 222 g/mol. The standard InChI is InChI=1S/C15H25N3/c1-2-3-14-4-6-15(7-5-14)12-17-8-10-18(13-16)11-9-17/h4-7H,2-3,8-13,16H2,1H3. The first-order chi connectivity index (χ1) is 8.81. The maximum Gasteiger partial charge on any atom is 0.0456 e. The minimum absolute atomic E-state index is 0.694. The van der Waals surface area contributed by atoms with Gasteiger partial charge in [0, 0.05) is 39.4 Å². The molecule has 0 bridgehead atoms. The number of rotatable bonds is 5. The molecule has 0 amide bonds. The van der Waals surface area contributed by atoms with Crippen LogP contribution in [-0.4, -0.2) is 42.6 Å². The molecule has 0 aliphatic carbocycles. The third-order valence-electron chi connectivity index (χ3n) is 3.69. The normalized spacial score (nSPS) is 18.1. The number of nitrogens with zero attached hydrogens (tertiary/aromatic N) is 2. The first-order valence-corrected chi connectivity index (χ1v) is 7.04. The molecule has 0 aromatic heterocycles. The molecule has 100 valence electrons. The highest BCUT2D eigenvalue weighted by atomic mass is 15.3. The molecule has 0 atom stereocenters. The predicted molar refractivity (Wildman–Crippen MR) is 76.3 cm³/mol. The van der Waals surface area contributed by atoms with Gasteiger partial charge in [-0.3, -0.25) is 9.80 Å². The van der Waals surface area contributed by atoms with E-state index in [1.54, 1.807) is 0 Å². The van der Waals surface area contributed by atoms with Crippen LogP contribution in [-0.2, 0) is 13.0 Å². The first kappa shape index (κ1) is 13.5. The SMILES string of the molecule is CCCc1ccc(CN2CCN(CN)CC2)cc1. The van der Waals surface area contributed by atoms with Crippen LogP contribution in [0, 0.1) is 0 Å². The van der Waals surface area contributed by atoms with Gasteiger partial charge in [0.05, 0.1) is 0 Å². The highest BCUT2D eigenvalue weighted by molar-refractivity contribution is 5.22. The summed E-state index contributed by atoms with van der Waals surface area (Å²) in [6.45, 7) is 8.46. The van der Waals surface area contributed by atoms with E-state index in [0.29, 0.717) is 6.67 Å². The van der Waals surface area contributed by atoms with Crippen LogP contribution in [0.2, 0.25) is 0 Å². The minimum atomic E-state index is 0.694. The van der Waals surface area contributed by atoms with Gasteiger partial charge in [0.2, 0.25) is 0 Å². The summed E-state index contributed by atoms with van der Waals surface area (Å²) in [5.41, 5.74) is 8.53. The third kappa shape index (κ3) is 3.80. The number of nitrogens with two attached hydrogens (primary N) is 1. The van der Waals surface area contributed by atoms with Crippen molar-refractivity contribution in [2.24, 2.45) is 5.73 Å². The lowest BCUT2D eigenvalue weighted by atomic mass is 10.1. The van der Waals surface area contributed by atoms with Gasteiger partial charge in [-0.1, -0.05) is 37.6 Å². The van der Waals surface area contributed by atoms with E-state index in [-0.39, 0.29) is 0 Å². The Kier molecular flexibility index (Phi) is 5.17. The summed E-state index contributed by atoms with van der Waals surface area (Å²) in [5, 5.41) is 0. The summed E-state index contributed by atoms with van der Waals surface area (Å²) >= 11 is 0. The van der Waals surface area contributed by atoms with Crippen molar-refractivity contribution in [3.63, 3.8) is 0 Å². The highest BCUT2D eigenvalue weighted by Gasteiger charge is 2.15. The van der Waals surface area contributed by atoms with E-state index >= 15 is 0 Å². The Labute approximate surface area is 111 Å². The maximum absolute atomic E-state index is 5.65. The van der Waals surface area contributed by atoms with E-state index in [0.717, 1.165) is 32.7 Å². The van der Waals surface area contributed by atoms with Gasteiger partial charge in [-0.15, -0.1) is 0 Å². The molecule has 0 spiro atoms. The Morgan fingerprint density at radius 1 is 0.944 bits per heavy atom. The molecule has 2 N–H and O–H groups in total. The van der Waals surface area contributed by atoms with Gasteiger partial charge in [0.15, 0.2) is 0 Å². The molecule has 1 aromatic carbocycles. The predicted octanol–water partition coefficient (Wildman–Crippen LogP) is 1.67. The van der Waals surface area contributed by atoms with Crippen molar-refractivity contribution in [1.29, 1.82) is 0 Å².